The normalized spacial score (nSPS) is 10.4. The molecule has 0 saturated heterocycles. The summed E-state index contributed by atoms with van der Waals surface area (Å²) in [6.07, 6.45) is 1.63. The summed E-state index contributed by atoms with van der Waals surface area (Å²) in [4.78, 5) is 8.21. The summed E-state index contributed by atoms with van der Waals surface area (Å²) in [5.41, 5.74) is 6.77. The van der Waals surface area contributed by atoms with Gasteiger partial charge < -0.3 is 10.5 Å². The van der Waals surface area contributed by atoms with Crippen LogP contribution in [0.4, 0.5) is 5.82 Å². The van der Waals surface area contributed by atoms with Gasteiger partial charge in [0.05, 0.1) is 11.1 Å². The second-order valence-electron chi connectivity index (χ2n) is 3.50. The van der Waals surface area contributed by atoms with E-state index in [1.54, 1.807) is 6.20 Å². The number of rotatable bonds is 4. The summed E-state index contributed by atoms with van der Waals surface area (Å²) in [6, 6.07) is 9.95. The zero-order valence-electron chi connectivity index (χ0n) is 9.14. The van der Waals surface area contributed by atoms with E-state index < -0.39 is 0 Å². The van der Waals surface area contributed by atoms with Crippen LogP contribution in [0.3, 0.4) is 0 Å². The number of nitrogens with two attached hydrogens (primary N) is 1. The van der Waals surface area contributed by atoms with Crippen LogP contribution < -0.4 is 5.73 Å². The average Bonchev–Trinajstić information content (AvgIpc) is 2.35. The molecule has 0 aliphatic rings. The smallest absolute Gasteiger partial charge is 0.156 e. The monoisotopic (exact) mass is 293 g/mol. The van der Waals surface area contributed by atoms with E-state index in [4.69, 9.17) is 10.5 Å². The Labute approximate surface area is 108 Å². The molecule has 17 heavy (non-hydrogen) atoms. The molecule has 5 heteroatoms. The minimum atomic E-state index is 0.354. The topological polar surface area (TPSA) is 61.0 Å². The molecule has 1 heterocycles. The van der Waals surface area contributed by atoms with E-state index in [-0.39, 0.29) is 0 Å². The fourth-order valence-corrected chi connectivity index (χ4v) is 1.51. The Morgan fingerprint density at radius 1 is 1.18 bits per heavy atom. The van der Waals surface area contributed by atoms with Crippen LogP contribution in [0, 0.1) is 0 Å². The number of anilines is 1. The lowest BCUT2D eigenvalue weighted by atomic mass is 10.2. The van der Waals surface area contributed by atoms with Gasteiger partial charge in [-0.2, -0.15) is 0 Å². The number of nitrogens with zero attached hydrogens (tertiary/aromatic N) is 2. The van der Waals surface area contributed by atoms with Crippen LogP contribution in [0.1, 0.15) is 11.4 Å². The van der Waals surface area contributed by atoms with Gasteiger partial charge in [0.1, 0.15) is 12.4 Å². The third kappa shape index (κ3) is 3.51. The van der Waals surface area contributed by atoms with Crippen molar-refractivity contribution >= 4 is 21.7 Å². The van der Waals surface area contributed by atoms with E-state index in [9.17, 15) is 0 Å². The Kier molecular flexibility index (Phi) is 4.06. The van der Waals surface area contributed by atoms with Crippen LogP contribution in [0.5, 0.6) is 0 Å². The Morgan fingerprint density at radius 3 is 2.65 bits per heavy atom. The first-order valence-electron chi connectivity index (χ1n) is 5.14. The number of hydrogen-bond acceptors (Lipinski definition) is 4. The summed E-state index contributed by atoms with van der Waals surface area (Å²) in [5.74, 6) is 1.01. The van der Waals surface area contributed by atoms with Gasteiger partial charge in [0.2, 0.25) is 0 Å². The number of hydrogen-bond donors (Lipinski definition) is 1. The van der Waals surface area contributed by atoms with Gasteiger partial charge in [-0.15, -0.1) is 0 Å². The molecule has 0 bridgehead atoms. The highest BCUT2D eigenvalue weighted by atomic mass is 79.9. The molecule has 0 spiro atoms. The van der Waals surface area contributed by atoms with Crippen molar-refractivity contribution < 1.29 is 4.74 Å². The Balaban J connectivity index is 1.88. The Bertz CT molecular complexity index is 490. The summed E-state index contributed by atoms with van der Waals surface area (Å²) in [7, 11) is 0. The van der Waals surface area contributed by atoms with Crippen molar-refractivity contribution in [3.05, 3.63) is 52.4 Å². The largest absolute Gasteiger partial charge is 0.383 e. The molecule has 2 rings (SSSR count). The standard InChI is InChI=1S/C12H12BrN3O/c13-10-6-15-11(16-12(10)14)8-17-7-9-4-2-1-3-5-9/h1-6H,7-8H2,(H2,14,15,16). The zero-order chi connectivity index (χ0) is 12.1. The minimum Gasteiger partial charge on any atom is -0.383 e. The average molecular weight is 294 g/mol. The summed E-state index contributed by atoms with van der Waals surface area (Å²) < 4.78 is 6.20. The van der Waals surface area contributed by atoms with E-state index in [1.807, 2.05) is 30.3 Å². The molecule has 1 aromatic carbocycles. The van der Waals surface area contributed by atoms with Crippen LogP contribution in [0.15, 0.2) is 41.0 Å². The molecule has 0 fully saturated rings. The summed E-state index contributed by atoms with van der Waals surface area (Å²) in [6.45, 7) is 0.895. The second-order valence-corrected chi connectivity index (χ2v) is 4.35. The van der Waals surface area contributed by atoms with Gasteiger partial charge in [-0.05, 0) is 21.5 Å². The fraction of sp³-hybridized carbons (Fsp3) is 0.167. The van der Waals surface area contributed by atoms with Gasteiger partial charge in [-0.3, -0.25) is 0 Å². The molecule has 0 saturated carbocycles. The molecule has 0 aliphatic carbocycles. The van der Waals surface area contributed by atoms with Gasteiger partial charge in [-0.1, -0.05) is 30.3 Å². The maximum Gasteiger partial charge on any atom is 0.156 e. The van der Waals surface area contributed by atoms with E-state index >= 15 is 0 Å². The van der Waals surface area contributed by atoms with Crippen molar-refractivity contribution in [1.29, 1.82) is 0 Å². The van der Waals surface area contributed by atoms with Gasteiger partial charge >= 0.3 is 0 Å². The lowest BCUT2D eigenvalue weighted by Gasteiger charge is -2.04. The molecule has 0 amide bonds. The zero-order valence-corrected chi connectivity index (χ0v) is 10.7. The molecule has 0 aliphatic heterocycles. The number of aromatic nitrogens is 2. The Hall–Kier alpha value is -1.46. The highest BCUT2D eigenvalue weighted by Crippen LogP contribution is 2.15. The predicted octanol–water partition coefficient (Wildman–Crippen LogP) is 2.54. The van der Waals surface area contributed by atoms with Crippen LogP contribution >= 0.6 is 15.9 Å². The number of nitrogen functional groups attached to an aromatic ring is 1. The van der Waals surface area contributed by atoms with Crippen LogP contribution in [0.25, 0.3) is 0 Å². The van der Waals surface area contributed by atoms with Crippen molar-refractivity contribution in [3.8, 4) is 0 Å². The van der Waals surface area contributed by atoms with Crippen molar-refractivity contribution in [2.45, 2.75) is 13.2 Å². The molecule has 88 valence electrons. The molecule has 1 aromatic heterocycles. The highest BCUT2D eigenvalue weighted by molar-refractivity contribution is 9.10. The molecule has 0 atom stereocenters. The van der Waals surface area contributed by atoms with Crippen molar-refractivity contribution in [1.82, 2.24) is 9.97 Å². The summed E-state index contributed by atoms with van der Waals surface area (Å²) >= 11 is 3.24. The first kappa shape index (κ1) is 12.0. The van der Waals surface area contributed by atoms with Gasteiger partial charge in [0.15, 0.2) is 5.82 Å². The first-order chi connectivity index (χ1) is 8.25. The van der Waals surface area contributed by atoms with Crippen molar-refractivity contribution in [2.75, 3.05) is 5.73 Å². The lowest BCUT2D eigenvalue weighted by Crippen LogP contribution is -2.02. The van der Waals surface area contributed by atoms with Crippen molar-refractivity contribution in [2.24, 2.45) is 0 Å². The number of ether oxygens (including phenoxy) is 1. The van der Waals surface area contributed by atoms with Gasteiger partial charge in [0, 0.05) is 6.20 Å². The summed E-state index contributed by atoms with van der Waals surface area (Å²) in [5, 5.41) is 0. The van der Waals surface area contributed by atoms with Crippen molar-refractivity contribution in [3.63, 3.8) is 0 Å². The van der Waals surface area contributed by atoms with E-state index in [0.717, 1.165) is 5.56 Å². The molecule has 2 N–H and O–H groups in total. The molecule has 4 nitrogen and oxygen atoms in total. The van der Waals surface area contributed by atoms with Crippen LogP contribution in [0.2, 0.25) is 0 Å². The predicted molar refractivity (Wildman–Crippen MR) is 69.1 cm³/mol. The van der Waals surface area contributed by atoms with Gasteiger partial charge in [0.25, 0.3) is 0 Å². The molecule has 0 radical (unpaired) electrons. The molecule has 0 unspecified atom stereocenters. The highest BCUT2D eigenvalue weighted by Gasteiger charge is 2.01. The first-order valence-corrected chi connectivity index (χ1v) is 5.93. The van der Waals surface area contributed by atoms with Crippen LogP contribution in [-0.2, 0) is 18.0 Å². The second kappa shape index (κ2) is 5.75. The van der Waals surface area contributed by atoms with E-state index in [1.165, 1.54) is 0 Å². The maximum atomic E-state index is 5.65. The lowest BCUT2D eigenvalue weighted by molar-refractivity contribution is 0.102. The van der Waals surface area contributed by atoms with E-state index in [0.29, 0.717) is 29.3 Å². The fourth-order valence-electron chi connectivity index (χ4n) is 1.32. The SMILES string of the molecule is Nc1nc(COCc2ccccc2)ncc1Br. The molecular weight excluding hydrogens is 282 g/mol. The minimum absolute atomic E-state index is 0.354. The maximum absolute atomic E-state index is 5.65. The number of benzene rings is 1. The van der Waals surface area contributed by atoms with Gasteiger partial charge in [-0.25, -0.2) is 9.97 Å². The van der Waals surface area contributed by atoms with Crippen LogP contribution in [-0.4, -0.2) is 9.97 Å². The third-order valence-corrected chi connectivity index (χ3v) is 2.77. The molecular formula is C12H12BrN3O. The number of halogens is 1. The Morgan fingerprint density at radius 2 is 1.94 bits per heavy atom. The third-order valence-electron chi connectivity index (χ3n) is 2.16. The molecule has 2 aromatic rings. The quantitative estimate of drug-likeness (QED) is 0.941. The van der Waals surface area contributed by atoms with E-state index in [2.05, 4.69) is 25.9 Å².